The van der Waals surface area contributed by atoms with Gasteiger partial charge in [0.2, 0.25) is 12.0 Å². The molecule has 0 amide bonds. The molecule has 0 unspecified atom stereocenters. The average molecular weight is 681 g/mol. The molecule has 264 valence electrons. The number of hydrogen-bond donors (Lipinski definition) is 8. The number of ether oxygens (including phenoxy) is 7. The summed E-state index contributed by atoms with van der Waals surface area (Å²) in [6.07, 6.45) is -9.42. The lowest BCUT2D eigenvalue weighted by atomic mass is 9.97. The van der Waals surface area contributed by atoms with Crippen LogP contribution in [0.25, 0.3) is 12.2 Å². The molecule has 0 bridgehead atoms. The van der Waals surface area contributed by atoms with Gasteiger partial charge in [0.05, 0.1) is 26.9 Å². The zero-order valence-electron chi connectivity index (χ0n) is 26.2. The van der Waals surface area contributed by atoms with Gasteiger partial charge in [0, 0.05) is 6.08 Å². The van der Waals surface area contributed by atoms with Crippen LogP contribution in [0.1, 0.15) is 18.1 Å². The quantitative estimate of drug-likeness (QED) is 0.0794. The highest BCUT2D eigenvalue weighted by molar-refractivity contribution is 5.87. The van der Waals surface area contributed by atoms with Gasteiger partial charge in [-0.2, -0.15) is 0 Å². The Kier molecular flexibility index (Phi) is 12.6. The number of rotatable bonds is 12. The molecule has 0 aliphatic carbocycles. The van der Waals surface area contributed by atoms with Crippen LogP contribution < -0.4 is 14.2 Å². The Morgan fingerprint density at radius 1 is 0.812 bits per heavy atom. The molecule has 2 aliphatic rings. The molecule has 2 aromatic rings. The lowest BCUT2D eigenvalue weighted by Gasteiger charge is -2.45. The predicted molar refractivity (Wildman–Crippen MR) is 164 cm³/mol. The highest BCUT2D eigenvalue weighted by atomic mass is 16.8. The van der Waals surface area contributed by atoms with Crippen LogP contribution in [0.3, 0.4) is 0 Å². The third kappa shape index (κ3) is 8.54. The van der Waals surface area contributed by atoms with Gasteiger partial charge in [-0.05, 0) is 54.5 Å². The molecule has 0 spiro atoms. The molecule has 4 rings (SSSR count). The van der Waals surface area contributed by atoms with E-state index in [0.717, 1.165) is 6.08 Å². The molecule has 2 aromatic carbocycles. The van der Waals surface area contributed by atoms with Crippen molar-refractivity contribution in [3.05, 3.63) is 53.6 Å². The van der Waals surface area contributed by atoms with Crippen LogP contribution in [0.5, 0.6) is 28.7 Å². The summed E-state index contributed by atoms with van der Waals surface area (Å²) in [5, 5.41) is 80.9. The molecule has 2 aliphatic heterocycles. The lowest BCUT2D eigenvalue weighted by molar-refractivity contribution is -0.354. The van der Waals surface area contributed by atoms with Crippen LogP contribution in [-0.2, 0) is 23.7 Å². The van der Waals surface area contributed by atoms with E-state index < -0.39 is 74.0 Å². The number of phenols is 2. The van der Waals surface area contributed by atoms with Crippen LogP contribution >= 0.6 is 0 Å². The molecular weight excluding hydrogens is 640 g/mol. The van der Waals surface area contributed by atoms with Crippen LogP contribution in [0.2, 0.25) is 0 Å². The number of carbonyl (C=O) groups excluding carboxylic acids is 1. The Bertz CT molecular complexity index is 1420. The molecule has 16 nitrogen and oxygen atoms in total. The smallest absolute Gasteiger partial charge is 0.331 e. The molecule has 16 heteroatoms. The van der Waals surface area contributed by atoms with E-state index in [2.05, 4.69) is 0 Å². The maximum absolute atomic E-state index is 12.1. The van der Waals surface area contributed by atoms with Crippen LogP contribution in [0.15, 0.2) is 42.5 Å². The molecule has 2 saturated heterocycles. The Morgan fingerprint density at radius 2 is 1.50 bits per heavy atom. The van der Waals surface area contributed by atoms with E-state index in [9.17, 15) is 45.6 Å². The summed E-state index contributed by atoms with van der Waals surface area (Å²) in [5.74, 6) is -1.05. The molecular formula is C32H40O16. The van der Waals surface area contributed by atoms with Crippen molar-refractivity contribution in [2.24, 2.45) is 0 Å². The number of benzene rings is 2. The van der Waals surface area contributed by atoms with E-state index in [4.69, 9.17) is 33.2 Å². The highest BCUT2D eigenvalue weighted by Crippen LogP contribution is 2.41. The summed E-state index contributed by atoms with van der Waals surface area (Å²) < 4.78 is 39.2. The first-order chi connectivity index (χ1) is 22.9. The summed E-state index contributed by atoms with van der Waals surface area (Å²) in [7, 11) is 2.70. The number of esters is 1. The fraction of sp³-hybridized carbons (Fsp3) is 0.469. The van der Waals surface area contributed by atoms with Crippen molar-refractivity contribution < 1.29 is 78.8 Å². The first-order valence-electron chi connectivity index (χ1n) is 14.8. The standard InChI is InChI=1S/C32H40O16/c1-15-24(37)26(39)28(41)31(45-15)48-30-27(40)25(38)22(14-33)46-32(30)47-29-20(42-2)12-17(13-21(29)43-3)5-4-10-44-23(36)9-7-16-6-8-18(34)19(35)11-16/h4-9,11-13,15,22,24-28,30-35,37-41H,10,14H2,1-3H3/t15-,22+,24-,25+,26+,27-,28+,30+,31-,32-/m0/s1. The Balaban J connectivity index is 1.48. The Hall–Kier alpha value is -3.97. The summed E-state index contributed by atoms with van der Waals surface area (Å²) in [6, 6.07) is 7.17. The summed E-state index contributed by atoms with van der Waals surface area (Å²) in [5.41, 5.74) is 1.00. The first-order valence-corrected chi connectivity index (χ1v) is 14.8. The number of aliphatic hydroxyl groups is 6. The summed E-state index contributed by atoms with van der Waals surface area (Å²) in [6.45, 7) is 0.631. The average Bonchev–Trinajstić information content (AvgIpc) is 3.08. The minimum atomic E-state index is -1.74. The number of carbonyl (C=O) groups is 1. The van der Waals surface area contributed by atoms with Gasteiger partial charge in [-0.15, -0.1) is 0 Å². The minimum absolute atomic E-state index is 0.0261. The monoisotopic (exact) mass is 680 g/mol. The van der Waals surface area contributed by atoms with Gasteiger partial charge in [-0.25, -0.2) is 4.79 Å². The second kappa shape index (κ2) is 16.4. The van der Waals surface area contributed by atoms with E-state index in [1.54, 1.807) is 24.3 Å². The molecule has 10 atom stereocenters. The second-order valence-electron chi connectivity index (χ2n) is 11.0. The topological polar surface area (TPSA) is 244 Å². The van der Waals surface area contributed by atoms with Crippen molar-refractivity contribution >= 4 is 18.1 Å². The number of aliphatic hydroxyl groups excluding tert-OH is 6. The largest absolute Gasteiger partial charge is 0.504 e. The maximum Gasteiger partial charge on any atom is 0.331 e. The molecule has 2 fully saturated rings. The molecule has 0 saturated carbocycles. The third-order valence-electron chi connectivity index (χ3n) is 7.68. The van der Waals surface area contributed by atoms with E-state index in [0.29, 0.717) is 11.1 Å². The van der Waals surface area contributed by atoms with Crippen LogP contribution in [-0.4, -0.2) is 136 Å². The number of hydrogen-bond acceptors (Lipinski definition) is 16. The fourth-order valence-corrected chi connectivity index (χ4v) is 4.98. The van der Waals surface area contributed by atoms with E-state index >= 15 is 0 Å². The lowest BCUT2D eigenvalue weighted by Crippen LogP contribution is -2.64. The van der Waals surface area contributed by atoms with Gasteiger partial charge in [0.25, 0.3) is 0 Å². The number of aromatic hydroxyl groups is 2. The third-order valence-corrected chi connectivity index (χ3v) is 7.68. The molecule has 0 aromatic heterocycles. The summed E-state index contributed by atoms with van der Waals surface area (Å²) >= 11 is 0. The van der Waals surface area contributed by atoms with Gasteiger partial charge in [-0.3, -0.25) is 0 Å². The fourth-order valence-electron chi connectivity index (χ4n) is 4.98. The minimum Gasteiger partial charge on any atom is -0.504 e. The van der Waals surface area contributed by atoms with Gasteiger partial charge < -0.3 is 74.0 Å². The van der Waals surface area contributed by atoms with Crippen LogP contribution in [0, 0.1) is 0 Å². The van der Waals surface area contributed by atoms with Crippen molar-refractivity contribution in [2.75, 3.05) is 27.4 Å². The van der Waals surface area contributed by atoms with Gasteiger partial charge in [-0.1, -0.05) is 12.1 Å². The van der Waals surface area contributed by atoms with Crippen molar-refractivity contribution in [2.45, 2.75) is 68.3 Å². The number of methoxy groups -OCH3 is 2. The maximum atomic E-state index is 12.1. The van der Waals surface area contributed by atoms with Crippen molar-refractivity contribution in [3.63, 3.8) is 0 Å². The van der Waals surface area contributed by atoms with Gasteiger partial charge in [0.1, 0.15) is 43.2 Å². The molecule has 48 heavy (non-hydrogen) atoms. The van der Waals surface area contributed by atoms with E-state index in [1.807, 2.05) is 0 Å². The predicted octanol–water partition coefficient (Wildman–Crippen LogP) is -0.585. The Morgan fingerprint density at radius 3 is 2.12 bits per heavy atom. The van der Waals surface area contributed by atoms with E-state index in [-0.39, 0.29) is 35.4 Å². The van der Waals surface area contributed by atoms with Crippen LogP contribution in [0.4, 0.5) is 0 Å². The SMILES string of the molecule is COc1cc(C=CCOC(=O)C=Cc2ccc(O)c(O)c2)cc(OC)c1O[C@@H]1O[C@H](CO)[C@@H](O)[C@H](O)[C@H]1O[C@@H]1O[C@@H](C)[C@H](O)[C@@H](O)[C@H]1O. The highest BCUT2D eigenvalue weighted by Gasteiger charge is 2.51. The zero-order valence-corrected chi connectivity index (χ0v) is 26.2. The summed E-state index contributed by atoms with van der Waals surface area (Å²) in [4.78, 5) is 12.1. The molecule has 0 radical (unpaired) electrons. The normalized spacial score (nSPS) is 30.8. The Labute approximate surface area is 275 Å². The van der Waals surface area contributed by atoms with Gasteiger partial charge in [0.15, 0.2) is 35.4 Å². The zero-order chi connectivity index (χ0) is 35.1. The molecule has 8 N–H and O–H groups in total. The second-order valence-corrected chi connectivity index (χ2v) is 11.0. The van der Waals surface area contributed by atoms with E-state index in [1.165, 1.54) is 45.4 Å². The van der Waals surface area contributed by atoms with Crippen molar-refractivity contribution in [1.29, 1.82) is 0 Å². The van der Waals surface area contributed by atoms with Crippen molar-refractivity contribution in [3.8, 4) is 28.7 Å². The molecule has 2 heterocycles. The van der Waals surface area contributed by atoms with Crippen molar-refractivity contribution in [1.82, 2.24) is 0 Å². The number of phenolic OH excluding ortho intramolecular Hbond substituents is 2. The van der Waals surface area contributed by atoms with Gasteiger partial charge >= 0.3 is 5.97 Å². The first kappa shape index (κ1) is 36.9.